The molecule has 0 unspecified atom stereocenters. The molecule has 8 aromatic carbocycles. The zero-order valence-corrected chi connectivity index (χ0v) is 31.8. The highest BCUT2D eigenvalue weighted by Gasteiger charge is 2.37. The number of rotatable bonds is 5. The molecule has 10 aromatic rings. The first kappa shape index (κ1) is 33.1. The van der Waals surface area contributed by atoms with Crippen molar-refractivity contribution in [1.82, 2.24) is 14.5 Å². The molecule has 1 aliphatic heterocycles. The van der Waals surface area contributed by atoms with Gasteiger partial charge in [-0.15, -0.1) is 0 Å². The van der Waals surface area contributed by atoms with E-state index in [1.807, 2.05) is 24.3 Å². The first-order valence-corrected chi connectivity index (χ1v) is 19.6. The molecule has 0 spiro atoms. The average Bonchev–Trinajstić information content (AvgIpc) is 3.63. The summed E-state index contributed by atoms with van der Waals surface area (Å²) in [6.45, 7) is 4.72. The molecule has 0 aliphatic carbocycles. The molecule has 1 aliphatic rings. The van der Waals surface area contributed by atoms with Gasteiger partial charge in [0.05, 0.1) is 28.1 Å². The highest BCUT2D eigenvalue weighted by atomic mass is 15.2. The van der Waals surface area contributed by atoms with Crippen LogP contribution in [0, 0.1) is 0 Å². The predicted molar refractivity (Wildman–Crippen MR) is 237 cm³/mol. The van der Waals surface area contributed by atoms with Gasteiger partial charge in [-0.25, -0.2) is 9.97 Å². The summed E-state index contributed by atoms with van der Waals surface area (Å²) in [6, 6.07) is 69.5. The minimum atomic E-state index is -0.232. The summed E-state index contributed by atoms with van der Waals surface area (Å²) in [5.41, 5.74) is 13.4. The van der Waals surface area contributed by atoms with Crippen molar-refractivity contribution < 1.29 is 0 Å². The molecule has 4 nitrogen and oxygen atoms in total. The number of benzene rings is 8. The lowest BCUT2D eigenvalue weighted by molar-refractivity contribution is 0.632. The van der Waals surface area contributed by atoms with E-state index in [4.69, 9.17) is 9.97 Å². The molecule has 0 radical (unpaired) electrons. The highest BCUT2D eigenvalue weighted by Crippen LogP contribution is 2.53. The van der Waals surface area contributed by atoms with Crippen LogP contribution in [-0.2, 0) is 5.41 Å². The highest BCUT2D eigenvalue weighted by molar-refractivity contribution is 6.25. The fraction of sp³-hybridized carbons (Fsp3) is 0.0566. The maximum absolute atomic E-state index is 5.34. The Morgan fingerprint density at radius 3 is 1.93 bits per heavy atom. The largest absolute Gasteiger partial charge is 0.310 e. The zero-order valence-electron chi connectivity index (χ0n) is 31.8. The van der Waals surface area contributed by atoms with E-state index in [1.165, 1.54) is 55.2 Å². The molecular weight excluding hydrogens is 693 g/mol. The standard InChI is InChI=1S/C53H38N4/c1-53(2)42-26-14-15-27-45(42)56(39-22-10-5-11-23-39)46-31-30-38(33-43(46)53)41-25-16-28-47-51(41)50-40-24-13-12-17-35(40)29-32-48(50)57(47)49-34-44(36-18-6-3-7-19-36)54-52(55-49)37-20-8-4-9-21-37/h3-34H,1-2H3. The number of nitrogens with zero attached hydrogens (tertiary/aromatic N) is 4. The SMILES string of the molecule is CC1(C)c2ccccc2N(c2ccccc2)c2ccc(-c3cccc4c3c3c5ccccc5ccc3n4-c3cc(-c4ccccc4)nc(-c4ccccc4)n3)cc21. The third kappa shape index (κ3) is 5.22. The number of fused-ring (bicyclic) bond motifs is 7. The van der Waals surface area contributed by atoms with Crippen LogP contribution in [0.4, 0.5) is 17.1 Å². The Kier molecular flexibility index (Phi) is 7.48. The number of aromatic nitrogens is 3. The van der Waals surface area contributed by atoms with Crippen LogP contribution >= 0.6 is 0 Å². The molecule has 2 aromatic heterocycles. The first-order chi connectivity index (χ1) is 28.0. The molecule has 4 heteroatoms. The molecular formula is C53H38N4. The maximum atomic E-state index is 5.34. The molecule has 11 rings (SSSR count). The Morgan fingerprint density at radius 2 is 1.12 bits per heavy atom. The number of para-hydroxylation sites is 2. The molecule has 0 saturated carbocycles. The summed E-state index contributed by atoms with van der Waals surface area (Å²) in [6.07, 6.45) is 0. The molecule has 0 N–H and O–H groups in total. The minimum absolute atomic E-state index is 0.232. The van der Waals surface area contributed by atoms with Crippen LogP contribution in [0.15, 0.2) is 194 Å². The van der Waals surface area contributed by atoms with Crippen molar-refractivity contribution in [3.63, 3.8) is 0 Å². The minimum Gasteiger partial charge on any atom is -0.310 e. The summed E-state index contributed by atoms with van der Waals surface area (Å²) < 4.78 is 2.34. The Hall–Kier alpha value is -7.30. The molecule has 0 fully saturated rings. The molecule has 0 amide bonds. The van der Waals surface area contributed by atoms with Crippen LogP contribution in [-0.4, -0.2) is 14.5 Å². The first-order valence-electron chi connectivity index (χ1n) is 19.6. The normalized spacial score (nSPS) is 13.2. The number of hydrogen-bond acceptors (Lipinski definition) is 3. The third-order valence-electron chi connectivity index (χ3n) is 11.8. The maximum Gasteiger partial charge on any atom is 0.162 e. The lowest BCUT2D eigenvalue weighted by Gasteiger charge is -2.42. The number of hydrogen-bond donors (Lipinski definition) is 0. The molecule has 0 bridgehead atoms. The van der Waals surface area contributed by atoms with Crippen molar-refractivity contribution in [1.29, 1.82) is 0 Å². The van der Waals surface area contributed by atoms with Crippen molar-refractivity contribution in [2.75, 3.05) is 4.90 Å². The van der Waals surface area contributed by atoms with Gasteiger partial charge in [-0.05, 0) is 75.5 Å². The molecule has 57 heavy (non-hydrogen) atoms. The van der Waals surface area contributed by atoms with Crippen molar-refractivity contribution in [2.45, 2.75) is 19.3 Å². The Labute approximate surface area is 332 Å². The summed E-state index contributed by atoms with van der Waals surface area (Å²) >= 11 is 0. The second kappa shape index (κ2) is 12.9. The van der Waals surface area contributed by atoms with E-state index in [2.05, 4.69) is 193 Å². The van der Waals surface area contributed by atoms with Crippen molar-refractivity contribution in [3.8, 4) is 39.6 Å². The lowest BCUT2D eigenvalue weighted by atomic mass is 9.73. The van der Waals surface area contributed by atoms with Gasteiger partial charge in [0.15, 0.2) is 5.82 Å². The van der Waals surface area contributed by atoms with Crippen LogP contribution in [0.2, 0.25) is 0 Å². The van der Waals surface area contributed by atoms with Crippen molar-refractivity contribution in [2.24, 2.45) is 0 Å². The smallest absolute Gasteiger partial charge is 0.162 e. The topological polar surface area (TPSA) is 34.0 Å². The van der Waals surface area contributed by atoms with E-state index in [0.29, 0.717) is 5.82 Å². The zero-order chi connectivity index (χ0) is 38.1. The van der Waals surface area contributed by atoms with Gasteiger partial charge in [-0.3, -0.25) is 4.57 Å². The monoisotopic (exact) mass is 730 g/mol. The molecule has 0 saturated heterocycles. The average molecular weight is 731 g/mol. The van der Waals surface area contributed by atoms with Gasteiger partial charge in [0.2, 0.25) is 0 Å². The Morgan fingerprint density at radius 1 is 0.456 bits per heavy atom. The van der Waals surface area contributed by atoms with Crippen molar-refractivity contribution >= 4 is 49.6 Å². The van der Waals surface area contributed by atoms with Crippen LogP contribution < -0.4 is 4.90 Å². The predicted octanol–water partition coefficient (Wildman–Crippen LogP) is 13.8. The van der Waals surface area contributed by atoms with Gasteiger partial charge in [-0.2, -0.15) is 0 Å². The molecule has 3 heterocycles. The van der Waals surface area contributed by atoms with E-state index in [0.717, 1.165) is 39.4 Å². The van der Waals surface area contributed by atoms with Gasteiger partial charge in [-0.1, -0.05) is 159 Å². The third-order valence-corrected chi connectivity index (χ3v) is 11.8. The molecule has 0 atom stereocenters. The second-order valence-electron chi connectivity index (χ2n) is 15.4. The van der Waals surface area contributed by atoms with E-state index in [-0.39, 0.29) is 5.41 Å². The summed E-state index contributed by atoms with van der Waals surface area (Å²) in [7, 11) is 0. The number of anilines is 3. The van der Waals surface area contributed by atoms with Crippen molar-refractivity contribution in [3.05, 3.63) is 205 Å². The fourth-order valence-electron chi connectivity index (χ4n) is 9.06. The van der Waals surface area contributed by atoms with Gasteiger partial charge < -0.3 is 4.90 Å². The van der Waals surface area contributed by atoms with Crippen LogP contribution in [0.3, 0.4) is 0 Å². The quantitative estimate of drug-likeness (QED) is 0.177. The van der Waals surface area contributed by atoms with E-state index < -0.39 is 0 Å². The Bertz CT molecular complexity index is 3090. The van der Waals surface area contributed by atoms with E-state index in [1.54, 1.807) is 0 Å². The molecule has 270 valence electrons. The second-order valence-corrected chi connectivity index (χ2v) is 15.4. The van der Waals surface area contributed by atoms with E-state index >= 15 is 0 Å². The van der Waals surface area contributed by atoms with Crippen LogP contribution in [0.25, 0.3) is 72.2 Å². The summed E-state index contributed by atoms with van der Waals surface area (Å²) in [4.78, 5) is 12.9. The Balaban J connectivity index is 1.20. The summed E-state index contributed by atoms with van der Waals surface area (Å²) in [5, 5.41) is 4.85. The van der Waals surface area contributed by atoms with Crippen LogP contribution in [0.5, 0.6) is 0 Å². The van der Waals surface area contributed by atoms with Crippen LogP contribution in [0.1, 0.15) is 25.0 Å². The summed E-state index contributed by atoms with van der Waals surface area (Å²) in [5.74, 6) is 1.52. The van der Waals surface area contributed by atoms with Gasteiger partial charge in [0.25, 0.3) is 0 Å². The van der Waals surface area contributed by atoms with E-state index in [9.17, 15) is 0 Å². The van der Waals surface area contributed by atoms with Gasteiger partial charge >= 0.3 is 0 Å². The van der Waals surface area contributed by atoms with Gasteiger partial charge in [0, 0.05) is 39.1 Å². The lowest BCUT2D eigenvalue weighted by Crippen LogP contribution is -2.30. The fourth-order valence-corrected chi connectivity index (χ4v) is 9.06. The van der Waals surface area contributed by atoms with Gasteiger partial charge in [0.1, 0.15) is 5.82 Å².